The van der Waals surface area contributed by atoms with Crippen molar-refractivity contribution in [3.63, 3.8) is 0 Å². The van der Waals surface area contributed by atoms with Crippen molar-refractivity contribution in [2.75, 3.05) is 33.3 Å². The summed E-state index contributed by atoms with van der Waals surface area (Å²) in [5.41, 5.74) is 0.958. The zero-order chi connectivity index (χ0) is 14.5. The summed E-state index contributed by atoms with van der Waals surface area (Å²) in [4.78, 5) is 13.1. The van der Waals surface area contributed by atoms with Crippen molar-refractivity contribution in [3.05, 3.63) is 39.9 Å². The molecule has 0 radical (unpaired) electrons. The smallest absolute Gasteiger partial charge is 0.274 e. The third-order valence-corrected chi connectivity index (χ3v) is 3.73. The van der Waals surface area contributed by atoms with Gasteiger partial charge in [0, 0.05) is 37.3 Å². The van der Waals surface area contributed by atoms with Gasteiger partial charge >= 0.3 is 0 Å². The van der Waals surface area contributed by atoms with Crippen LogP contribution in [0.25, 0.3) is 0 Å². The number of para-hydroxylation sites is 1. The predicted octanol–water partition coefficient (Wildman–Crippen LogP) is 1.58. The molecule has 1 saturated heterocycles. The molecular formula is C14H21N3O3. The van der Waals surface area contributed by atoms with Crippen LogP contribution in [0.5, 0.6) is 0 Å². The average Bonchev–Trinajstić information content (AvgIpc) is 2.47. The molecule has 2 atom stereocenters. The summed E-state index contributed by atoms with van der Waals surface area (Å²) in [7, 11) is 1.90. The van der Waals surface area contributed by atoms with Gasteiger partial charge in [0.15, 0.2) is 0 Å². The SMILES string of the molecule is CNCC1CN(C(C)c2ccccc2[N+](=O)[O-])CCO1. The number of nitrogens with zero attached hydrogens (tertiary/aromatic N) is 2. The Kier molecular flexibility index (Phi) is 5.05. The predicted molar refractivity (Wildman–Crippen MR) is 76.8 cm³/mol. The number of nitro groups is 1. The number of hydrogen-bond donors (Lipinski definition) is 1. The molecule has 0 amide bonds. The van der Waals surface area contributed by atoms with Gasteiger partial charge in [-0.1, -0.05) is 18.2 Å². The summed E-state index contributed by atoms with van der Waals surface area (Å²) < 4.78 is 5.67. The van der Waals surface area contributed by atoms with Crippen LogP contribution in [0.15, 0.2) is 24.3 Å². The lowest BCUT2D eigenvalue weighted by Crippen LogP contribution is -2.47. The number of benzene rings is 1. The second-order valence-electron chi connectivity index (χ2n) is 5.04. The molecule has 0 aliphatic carbocycles. The molecule has 1 heterocycles. The summed E-state index contributed by atoms with van der Waals surface area (Å²) in [5, 5.41) is 14.2. The number of ether oxygens (including phenoxy) is 1. The van der Waals surface area contributed by atoms with Gasteiger partial charge in [0.1, 0.15) is 0 Å². The second-order valence-corrected chi connectivity index (χ2v) is 5.04. The van der Waals surface area contributed by atoms with Crippen molar-refractivity contribution in [2.24, 2.45) is 0 Å². The molecule has 2 rings (SSSR count). The largest absolute Gasteiger partial charge is 0.374 e. The van der Waals surface area contributed by atoms with Crippen LogP contribution in [-0.2, 0) is 4.74 Å². The molecule has 1 aromatic carbocycles. The fourth-order valence-corrected chi connectivity index (χ4v) is 2.65. The lowest BCUT2D eigenvalue weighted by Gasteiger charge is -2.36. The van der Waals surface area contributed by atoms with Crippen LogP contribution in [0.3, 0.4) is 0 Å². The van der Waals surface area contributed by atoms with E-state index in [4.69, 9.17) is 4.74 Å². The Morgan fingerprint density at radius 1 is 1.55 bits per heavy atom. The molecule has 0 saturated carbocycles. The first-order valence-electron chi connectivity index (χ1n) is 6.87. The number of morpholine rings is 1. The molecular weight excluding hydrogens is 258 g/mol. The van der Waals surface area contributed by atoms with E-state index in [-0.39, 0.29) is 22.8 Å². The molecule has 1 aliphatic rings. The number of nitrogens with one attached hydrogen (secondary N) is 1. The molecule has 110 valence electrons. The van der Waals surface area contributed by atoms with Crippen LogP contribution in [0.4, 0.5) is 5.69 Å². The number of rotatable bonds is 5. The summed E-state index contributed by atoms with van der Waals surface area (Å²) in [6.45, 7) is 5.06. The molecule has 2 unspecified atom stereocenters. The van der Waals surface area contributed by atoms with Crippen LogP contribution in [0.1, 0.15) is 18.5 Å². The molecule has 6 heteroatoms. The molecule has 0 spiro atoms. The van der Waals surface area contributed by atoms with Crippen molar-refractivity contribution < 1.29 is 9.66 Å². The summed E-state index contributed by atoms with van der Waals surface area (Å²) in [6, 6.07) is 6.98. The Morgan fingerprint density at radius 2 is 2.30 bits per heavy atom. The van der Waals surface area contributed by atoms with E-state index in [2.05, 4.69) is 10.2 Å². The Bertz CT molecular complexity index is 465. The standard InChI is InChI=1S/C14H21N3O3/c1-11(13-5-3-4-6-14(13)17(18)19)16-7-8-20-12(10-16)9-15-2/h3-6,11-12,15H,7-10H2,1-2H3. The van der Waals surface area contributed by atoms with Gasteiger partial charge < -0.3 is 10.1 Å². The van der Waals surface area contributed by atoms with Crippen LogP contribution in [0, 0.1) is 10.1 Å². The first-order chi connectivity index (χ1) is 9.63. The maximum atomic E-state index is 11.1. The minimum Gasteiger partial charge on any atom is -0.374 e. The molecule has 0 bridgehead atoms. The monoisotopic (exact) mass is 279 g/mol. The first kappa shape index (κ1) is 14.9. The van der Waals surface area contributed by atoms with E-state index < -0.39 is 0 Å². The normalized spacial score (nSPS) is 21.6. The van der Waals surface area contributed by atoms with Gasteiger partial charge in [-0.15, -0.1) is 0 Å². The van der Waals surface area contributed by atoms with Gasteiger partial charge in [-0.25, -0.2) is 0 Å². The van der Waals surface area contributed by atoms with E-state index in [0.717, 1.165) is 25.2 Å². The molecule has 6 nitrogen and oxygen atoms in total. The van der Waals surface area contributed by atoms with Crippen LogP contribution < -0.4 is 5.32 Å². The zero-order valence-electron chi connectivity index (χ0n) is 11.9. The maximum absolute atomic E-state index is 11.1. The van der Waals surface area contributed by atoms with Crippen molar-refractivity contribution in [1.29, 1.82) is 0 Å². The molecule has 0 aromatic heterocycles. The summed E-state index contributed by atoms with van der Waals surface area (Å²) >= 11 is 0. The van der Waals surface area contributed by atoms with Gasteiger partial charge in [-0.2, -0.15) is 0 Å². The number of hydrogen-bond acceptors (Lipinski definition) is 5. The summed E-state index contributed by atoms with van der Waals surface area (Å²) in [6.07, 6.45) is 0.138. The maximum Gasteiger partial charge on any atom is 0.274 e. The van der Waals surface area contributed by atoms with E-state index in [1.54, 1.807) is 12.1 Å². The highest BCUT2D eigenvalue weighted by Gasteiger charge is 2.28. The Morgan fingerprint density at radius 3 is 3.00 bits per heavy atom. The molecule has 1 aliphatic heterocycles. The van der Waals surface area contributed by atoms with E-state index in [9.17, 15) is 10.1 Å². The van der Waals surface area contributed by atoms with Crippen molar-refractivity contribution in [3.8, 4) is 0 Å². The highest BCUT2D eigenvalue weighted by Crippen LogP contribution is 2.29. The van der Waals surface area contributed by atoms with Crippen molar-refractivity contribution in [1.82, 2.24) is 10.2 Å². The summed E-state index contributed by atoms with van der Waals surface area (Å²) in [5.74, 6) is 0. The second kappa shape index (κ2) is 6.78. The number of likely N-dealkylation sites (N-methyl/N-ethyl adjacent to an activating group) is 1. The number of nitro benzene ring substituents is 1. The molecule has 1 fully saturated rings. The van der Waals surface area contributed by atoms with Crippen molar-refractivity contribution >= 4 is 5.69 Å². The first-order valence-corrected chi connectivity index (χ1v) is 6.87. The van der Waals surface area contributed by atoms with E-state index in [1.165, 1.54) is 0 Å². The van der Waals surface area contributed by atoms with Gasteiger partial charge in [-0.3, -0.25) is 15.0 Å². The Balaban J connectivity index is 2.14. The van der Waals surface area contributed by atoms with E-state index >= 15 is 0 Å². The molecule has 1 N–H and O–H groups in total. The Labute approximate surface area is 118 Å². The Hall–Kier alpha value is -1.50. The van der Waals surface area contributed by atoms with Gasteiger partial charge in [0.25, 0.3) is 5.69 Å². The molecule has 1 aromatic rings. The lowest BCUT2D eigenvalue weighted by atomic mass is 10.0. The fourth-order valence-electron chi connectivity index (χ4n) is 2.65. The van der Waals surface area contributed by atoms with Gasteiger partial charge in [0.2, 0.25) is 0 Å². The fraction of sp³-hybridized carbons (Fsp3) is 0.571. The lowest BCUT2D eigenvalue weighted by molar-refractivity contribution is -0.386. The highest BCUT2D eigenvalue weighted by molar-refractivity contribution is 5.41. The van der Waals surface area contributed by atoms with Crippen LogP contribution in [0.2, 0.25) is 0 Å². The zero-order valence-corrected chi connectivity index (χ0v) is 11.9. The topological polar surface area (TPSA) is 67.6 Å². The average molecular weight is 279 g/mol. The minimum absolute atomic E-state index is 0.0138. The van der Waals surface area contributed by atoms with Crippen LogP contribution in [-0.4, -0.2) is 49.2 Å². The van der Waals surface area contributed by atoms with E-state index in [0.29, 0.717) is 6.61 Å². The van der Waals surface area contributed by atoms with Crippen molar-refractivity contribution in [2.45, 2.75) is 19.1 Å². The molecule has 20 heavy (non-hydrogen) atoms. The quantitative estimate of drug-likeness (QED) is 0.654. The highest BCUT2D eigenvalue weighted by atomic mass is 16.6. The van der Waals surface area contributed by atoms with Gasteiger partial charge in [-0.05, 0) is 14.0 Å². The minimum atomic E-state index is -0.308. The van der Waals surface area contributed by atoms with Crippen LogP contribution >= 0.6 is 0 Å². The third-order valence-electron chi connectivity index (χ3n) is 3.73. The third kappa shape index (κ3) is 3.33. The van der Waals surface area contributed by atoms with E-state index in [1.807, 2.05) is 26.1 Å². The van der Waals surface area contributed by atoms with Gasteiger partial charge in [0.05, 0.1) is 17.6 Å².